The van der Waals surface area contributed by atoms with E-state index in [0.717, 1.165) is 6.07 Å². The number of hydrogen-bond donors (Lipinski definition) is 1. The summed E-state index contributed by atoms with van der Waals surface area (Å²) >= 11 is 0. The molecule has 9 nitrogen and oxygen atoms in total. The van der Waals surface area contributed by atoms with Crippen LogP contribution in [0.5, 0.6) is 5.75 Å². The zero-order valence-electron chi connectivity index (χ0n) is 17.8. The molecule has 0 aliphatic carbocycles. The van der Waals surface area contributed by atoms with Crippen LogP contribution in [-0.4, -0.2) is 33.7 Å². The van der Waals surface area contributed by atoms with Gasteiger partial charge in [0.15, 0.2) is 0 Å². The van der Waals surface area contributed by atoms with Crippen LogP contribution >= 0.6 is 0 Å². The molecule has 1 aliphatic heterocycles. The van der Waals surface area contributed by atoms with Crippen molar-refractivity contribution in [1.82, 2.24) is 4.90 Å². The Hall–Kier alpha value is -4.40. The number of ketones is 1. The molecule has 1 aliphatic rings. The number of hydrogen-bond acceptors (Lipinski definition) is 7. The average Bonchev–Trinajstić information content (AvgIpc) is 3.35. The van der Waals surface area contributed by atoms with E-state index in [9.17, 15) is 24.8 Å². The number of aryl methyl sites for hydroxylation is 1. The standard InChI is InChI=1S/C24H20N2O7/c1-14-9-10-19(33-14)21-20(22(27)16-6-4-7-17(12-16)26(30)31)23(28)24(29)25(21)13-15-5-3-8-18(11-15)32-2/h3-12,21,27H,13H2,1-2H3/b22-20-. The highest BCUT2D eigenvalue weighted by molar-refractivity contribution is 6.46. The minimum atomic E-state index is -1.01. The zero-order chi connectivity index (χ0) is 23.7. The first-order valence-corrected chi connectivity index (χ1v) is 10.0. The van der Waals surface area contributed by atoms with Crippen LogP contribution in [0.3, 0.4) is 0 Å². The van der Waals surface area contributed by atoms with E-state index >= 15 is 0 Å². The van der Waals surface area contributed by atoms with Gasteiger partial charge in [-0.15, -0.1) is 0 Å². The van der Waals surface area contributed by atoms with Gasteiger partial charge in [0.25, 0.3) is 17.4 Å². The third-order valence-electron chi connectivity index (χ3n) is 5.39. The Balaban J connectivity index is 1.84. The van der Waals surface area contributed by atoms with E-state index in [0.29, 0.717) is 22.8 Å². The summed E-state index contributed by atoms with van der Waals surface area (Å²) < 4.78 is 11.0. The number of nitrogens with zero attached hydrogens (tertiary/aromatic N) is 2. The number of methoxy groups -OCH3 is 1. The summed E-state index contributed by atoms with van der Waals surface area (Å²) in [5, 5.41) is 22.2. The maximum absolute atomic E-state index is 13.0. The summed E-state index contributed by atoms with van der Waals surface area (Å²) in [7, 11) is 1.52. The SMILES string of the molecule is COc1cccc(CN2C(=O)C(=O)/C(=C(\O)c3cccc([N+](=O)[O-])c3)C2c2ccc(C)o2)c1. The van der Waals surface area contributed by atoms with Crippen LogP contribution in [0.2, 0.25) is 0 Å². The highest BCUT2D eigenvalue weighted by Crippen LogP contribution is 2.41. The van der Waals surface area contributed by atoms with Crippen molar-refractivity contribution in [1.29, 1.82) is 0 Å². The van der Waals surface area contributed by atoms with Crippen molar-refractivity contribution in [2.45, 2.75) is 19.5 Å². The maximum atomic E-state index is 13.0. The lowest BCUT2D eigenvalue weighted by Crippen LogP contribution is -2.29. The minimum Gasteiger partial charge on any atom is -0.507 e. The predicted octanol–water partition coefficient (Wildman–Crippen LogP) is 4.13. The molecule has 0 spiro atoms. The number of furan rings is 1. The number of aliphatic hydroxyl groups is 1. The number of rotatable bonds is 6. The number of amides is 1. The lowest BCUT2D eigenvalue weighted by molar-refractivity contribution is -0.384. The fourth-order valence-corrected chi connectivity index (χ4v) is 3.83. The van der Waals surface area contributed by atoms with Gasteiger partial charge in [-0.1, -0.05) is 24.3 Å². The molecule has 2 heterocycles. The Labute approximate surface area is 188 Å². The molecule has 1 saturated heterocycles. The van der Waals surface area contributed by atoms with E-state index < -0.39 is 28.4 Å². The Morgan fingerprint density at radius 3 is 2.58 bits per heavy atom. The van der Waals surface area contributed by atoms with Crippen molar-refractivity contribution < 1.29 is 28.8 Å². The van der Waals surface area contributed by atoms with Crippen LogP contribution in [0.25, 0.3) is 5.76 Å². The highest BCUT2D eigenvalue weighted by Gasteiger charge is 2.47. The van der Waals surface area contributed by atoms with E-state index in [1.807, 2.05) is 0 Å². The first kappa shape index (κ1) is 21.8. The number of Topliss-reactive ketones (excluding diaryl/α,β-unsaturated/α-hetero) is 1. The molecule has 2 aromatic carbocycles. The molecule has 1 unspecified atom stereocenters. The first-order valence-electron chi connectivity index (χ1n) is 10.0. The molecule has 168 valence electrons. The molecule has 1 atom stereocenters. The Morgan fingerprint density at radius 1 is 1.15 bits per heavy atom. The van der Waals surface area contributed by atoms with Crippen molar-refractivity contribution in [3.63, 3.8) is 0 Å². The van der Waals surface area contributed by atoms with Gasteiger partial charge in [-0.25, -0.2) is 0 Å². The quantitative estimate of drug-likeness (QED) is 0.198. The van der Waals surface area contributed by atoms with E-state index in [-0.39, 0.29) is 23.4 Å². The molecule has 0 saturated carbocycles. The van der Waals surface area contributed by atoms with Crippen LogP contribution < -0.4 is 4.74 Å². The highest BCUT2D eigenvalue weighted by atomic mass is 16.6. The van der Waals surface area contributed by atoms with Gasteiger partial charge in [0.1, 0.15) is 29.1 Å². The second kappa shape index (κ2) is 8.62. The molecule has 33 heavy (non-hydrogen) atoms. The maximum Gasteiger partial charge on any atom is 0.296 e. The van der Waals surface area contributed by atoms with Crippen LogP contribution in [0.4, 0.5) is 5.69 Å². The average molecular weight is 448 g/mol. The second-order valence-electron chi connectivity index (χ2n) is 7.53. The summed E-state index contributed by atoms with van der Waals surface area (Å²) in [4.78, 5) is 37.9. The van der Waals surface area contributed by atoms with E-state index in [1.165, 1.54) is 30.2 Å². The lowest BCUT2D eigenvalue weighted by atomic mass is 9.99. The van der Waals surface area contributed by atoms with Gasteiger partial charge in [0.2, 0.25) is 0 Å². The molecule has 0 radical (unpaired) electrons. The molecule has 1 aromatic heterocycles. The monoisotopic (exact) mass is 448 g/mol. The summed E-state index contributed by atoms with van der Waals surface area (Å²) in [6, 6.07) is 14.6. The molecular weight excluding hydrogens is 428 g/mol. The van der Waals surface area contributed by atoms with Crippen molar-refractivity contribution in [3.8, 4) is 5.75 Å². The number of nitro groups is 1. The van der Waals surface area contributed by atoms with Gasteiger partial charge in [-0.05, 0) is 36.8 Å². The normalized spacial score (nSPS) is 17.4. The topological polar surface area (TPSA) is 123 Å². The number of ether oxygens (including phenoxy) is 1. The fraction of sp³-hybridized carbons (Fsp3) is 0.167. The van der Waals surface area contributed by atoms with Gasteiger partial charge in [0, 0.05) is 24.2 Å². The molecule has 4 rings (SSSR count). The van der Waals surface area contributed by atoms with Crippen LogP contribution in [-0.2, 0) is 16.1 Å². The van der Waals surface area contributed by atoms with Crippen molar-refractivity contribution in [2.24, 2.45) is 0 Å². The van der Waals surface area contributed by atoms with E-state index in [4.69, 9.17) is 9.15 Å². The zero-order valence-corrected chi connectivity index (χ0v) is 17.8. The summed E-state index contributed by atoms with van der Waals surface area (Å²) in [6.45, 7) is 1.77. The van der Waals surface area contributed by atoms with E-state index in [2.05, 4.69) is 0 Å². The molecule has 1 N–H and O–H groups in total. The van der Waals surface area contributed by atoms with Gasteiger partial charge in [-0.3, -0.25) is 19.7 Å². The summed E-state index contributed by atoms with van der Waals surface area (Å²) in [5.74, 6) is -0.783. The van der Waals surface area contributed by atoms with Crippen molar-refractivity contribution >= 4 is 23.1 Å². The Bertz CT molecular complexity index is 1290. The van der Waals surface area contributed by atoms with Gasteiger partial charge < -0.3 is 19.2 Å². The summed E-state index contributed by atoms with van der Waals surface area (Å²) in [6.07, 6.45) is 0. The third kappa shape index (κ3) is 4.08. The molecule has 1 fully saturated rings. The van der Waals surface area contributed by atoms with E-state index in [1.54, 1.807) is 43.3 Å². The van der Waals surface area contributed by atoms with Crippen LogP contribution in [0.15, 0.2) is 70.7 Å². The smallest absolute Gasteiger partial charge is 0.296 e. The summed E-state index contributed by atoms with van der Waals surface area (Å²) in [5.41, 5.74) is 0.310. The van der Waals surface area contributed by atoms with Gasteiger partial charge in [0.05, 0.1) is 17.6 Å². The number of likely N-dealkylation sites (tertiary alicyclic amines) is 1. The fourth-order valence-electron chi connectivity index (χ4n) is 3.83. The lowest BCUT2D eigenvalue weighted by Gasteiger charge is -2.23. The molecule has 3 aromatic rings. The first-order chi connectivity index (χ1) is 15.8. The van der Waals surface area contributed by atoms with Gasteiger partial charge >= 0.3 is 0 Å². The van der Waals surface area contributed by atoms with Crippen LogP contribution in [0.1, 0.15) is 28.7 Å². The molecule has 1 amide bonds. The number of aliphatic hydroxyl groups excluding tert-OH is 1. The van der Waals surface area contributed by atoms with Crippen LogP contribution in [0, 0.1) is 17.0 Å². The number of benzene rings is 2. The predicted molar refractivity (Wildman–Crippen MR) is 117 cm³/mol. The second-order valence-corrected chi connectivity index (χ2v) is 7.53. The Kier molecular flexibility index (Phi) is 5.70. The molecule has 0 bridgehead atoms. The largest absolute Gasteiger partial charge is 0.507 e. The number of non-ortho nitro benzene ring substituents is 1. The molecular formula is C24H20N2O7. The van der Waals surface area contributed by atoms with Gasteiger partial charge in [-0.2, -0.15) is 0 Å². The Morgan fingerprint density at radius 2 is 1.91 bits per heavy atom. The molecule has 9 heteroatoms. The number of carbonyl (C=O) groups excluding carboxylic acids is 2. The van der Waals surface area contributed by atoms with Crippen molar-refractivity contribution in [2.75, 3.05) is 7.11 Å². The minimum absolute atomic E-state index is 0.0526. The van der Waals surface area contributed by atoms with Crippen molar-refractivity contribution in [3.05, 3.63) is 99.0 Å². The third-order valence-corrected chi connectivity index (χ3v) is 5.39. The number of carbonyl (C=O) groups is 2. The number of nitro benzene ring substituents is 1.